The summed E-state index contributed by atoms with van der Waals surface area (Å²) in [4.78, 5) is 29.5. The zero-order chi connectivity index (χ0) is 31.9. The number of halogens is 4. The second-order valence-corrected chi connectivity index (χ2v) is 14.6. The maximum atomic E-state index is 14.0. The maximum Gasteiger partial charge on any atom is 0.243 e. The first-order chi connectivity index (χ1) is 20.9. The van der Waals surface area contributed by atoms with Gasteiger partial charge in [-0.15, -0.1) is 0 Å². The quantitative estimate of drug-likeness (QED) is 0.200. The fourth-order valence-electron chi connectivity index (χ4n) is 5.41. The van der Waals surface area contributed by atoms with Gasteiger partial charge in [0.2, 0.25) is 21.8 Å². The van der Waals surface area contributed by atoms with Gasteiger partial charge in [0.1, 0.15) is 6.04 Å². The Balaban J connectivity index is 1.62. The van der Waals surface area contributed by atoms with Gasteiger partial charge in [-0.3, -0.25) is 13.9 Å². The van der Waals surface area contributed by atoms with Crippen LogP contribution in [-0.2, 0) is 32.6 Å². The number of hydrogen-bond acceptors (Lipinski definition) is 4. The lowest BCUT2D eigenvalue weighted by atomic mass is 10.0. The Kier molecular flexibility index (Phi) is 12.3. The molecule has 236 valence electrons. The van der Waals surface area contributed by atoms with Crippen LogP contribution in [0.5, 0.6) is 0 Å². The second kappa shape index (κ2) is 15.7. The van der Waals surface area contributed by atoms with Crippen LogP contribution in [0.4, 0.5) is 5.69 Å². The molecule has 0 unspecified atom stereocenters. The zero-order valence-corrected chi connectivity index (χ0v) is 28.2. The van der Waals surface area contributed by atoms with Gasteiger partial charge in [-0.25, -0.2) is 8.42 Å². The normalized spacial score (nSPS) is 14.3. The minimum atomic E-state index is -3.75. The van der Waals surface area contributed by atoms with Crippen molar-refractivity contribution in [3.63, 3.8) is 0 Å². The summed E-state index contributed by atoms with van der Waals surface area (Å²) in [5, 5.41) is 4.55. The van der Waals surface area contributed by atoms with Gasteiger partial charge in [-0.05, 0) is 60.7 Å². The van der Waals surface area contributed by atoms with Crippen molar-refractivity contribution in [3.05, 3.63) is 97.9 Å². The molecule has 0 aromatic heterocycles. The first-order valence-corrected chi connectivity index (χ1v) is 17.8. The van der Waals surface area contributed by atoms with Crippen LogP contribution in [0.3, 0.4) is 0 Å². The van der Waals surface area contributed by atoms with Gasteiger partial charge in [0.05, 0.1) is 17.0 Å². The topological polar surface area (TPSA) is 86.8 Å². The Morgan fingerprint density at radius 1 is 0.909 bits per heavy atom. The van der Waals surface area contributed by atoms with Crippen LogP contribution in [-0.4, -0.2) is 50.0 Å². The maximum absolute atomic E-state index is 14.0. The lowest BCUT2D eigenvalue weighted by Gasteiger charge is -2.33. The van der Waals surface area contributed by atoms with E-state index >= 15 is 0 Å². The second-order valence-electron chi connectivity index (χ2n) is 11.0. The Labute approximate surface area is 279 Å². The van der Waals surface area contributed by atoms with Crippen LogP contribution in [0.2, 0.25) is 20.1 Å². The average Bonchev–Trinajstić information content (AvgIpc) is 3.48. The van der Waals surface area contributed by atoms with Gasteiger partial charge in [-0.2, -0.15) is 0 Å². The van der Waals surface area contributed by atoms with Crippen LogP contribution in [0.25, 0.3) is 0 Å². The molecular weight excluding hydrogens is 664 g/mol. The van der Waals surface area contributed by atoms with Gasteiger partial charge in [0.25, 0.3) is 0 Å². The summed E-state index contributed by atoms with van der Waals surface area (Å²) in [6, 6.07) is 18.4. The van der Waals surface area contributed by atoms with Crippen LogP contribution in [0.1, 0.15) is 49.7 Å². The van der Waals surface area contributed by atoms with Crippen molar-refractivity contribution in [3.8, 4) is 0 Å². The molecule has 7 nitrogen and oxygen atoms in total. The van der Waals surface area contributed by atoms with Crippen molar-refractivity contribution in [1.29, 1.82) is 0 Å². The minimum absolute atomic E-state index is 0.0161. The number of carbonyl (C=O) groups excluding carboxylic acids is 2. The SMILES string of the molecule is CS(=O)(=O)N(CCCC(=O)N(Cc1ccc(Cl)cc1Cl)[C@@H](Cc1ccccc1)C(=O)NC1CCCC1)c1cc(Cl)ccc1Cl. The number of carbonyl (C=O) groups is 2. The number of sulfonamides is 1. The van der Waals surface area contributed by atoms with Gasteiger partial charge in [-0.1, -0.05) is 95.6 Å². The summed E-state index contributed by atoms with van der Waals surface area (Å²) in [7, 11) is -3.75. The number of anilines is 1. The van der Waals surface area contributed by atoms with E-state index in [2.05, 4.69) is 5.32 Å². The largest absolute Gasteiger partial charge is 0.352 e. The third kappa shape index (κ3) is 9.51. The van der Waals surface area contributed by atoms with E-state index in [0.29, 0.717) is 27.1 Å². The van der Waals surface area contributed by atoms with Crippen molar-refractivity contribution in [2.45, 2.75) is 63.6 Å². The Morgan fingerprint density at radius 2 is 1.57 bits per heavy atom. The summed E-state index contributed by atoms with van der Waals surface area (Å²) in [5.41, 5.74) is 1.77. The molecule has 0 saturated heterocycles. The molecule has 0 radical (unpaired) electrons. The molecule has 0 aliphatic heterocycles. The average molecular weight is 700 g/mol. The highest BCUT2D eigenvalue weighted by molar-refractivity contribution is 7.92. The molecule has 0 spiro atoms. The van der Waals surface area contributed by atoms with Crippen LogP contribution < -0.4 is 9.62 Å². The summed E-state index contributed by atoms with van der Waals surface area (Å²) in [5.74, 6) is -0.549. The molecule has 12 heteroatoms. The van der Waals surface area contributed by atoms with Crippen molar-refractivity contribution >= 4 is 73.9 Å². The highest BCUT2D eigenvalue weighted by Gasteiger charge is 2.32. The van der Waals surface area contributed by atoms with E-state index in [9.17, 15) is 18.0 Å². The van der Waals surface area contributed by atoms with Crippen LogP contribution >= 0.6 is 46.4 Å². The fraction of sp³-hybridized carbons (Fsp3) is 0.375. The number of benzene rings is 3. The molecule has 1 aliphatic rings. The van der Waals surface area contributed by atoms with Gasteiger partial charge in [0, 0.05) is 47.0 Å². The number of hydrogen-bond donors (Lipinski definition) is 1. The zero-order valence-electron chi connectivity index (χ0n) is 24.3. The molecule has 44 heavy (non-hydrogen) atoms. The van der Waals surface area contributed by atoms with E-state index in [1.807, 2.05) is 30.3 Å². The number of rotatable bonds is 13. The predicted molar refractivity (Wildman–Crippen MR) is 179 cm³/mol. The number of amides is 2. The molecule has 1 aliphatic carbocycles. The van der Waals surface area contributed by atoms with E-state index < -0.39 is 16.1 Å². The van der Waals surface area contributed by atoms with E-state index in [1.165, 1.54) is 12.1 Å². The summed E-state index contributed by atoms with van der Waals surface area (Å²) < 4.78 is 26.6. The molecule has 0 bridgehead atoms. The molecule has 2 amide bonds. The van der Waals surface area contributed by atoms with Gasteiger partial charge >= 0.3 is 0 Å². The highest BCUT2D eigenvalue weighted by Crippen LogP contribution is 2.31. The van der Waals surface area contributed by atoms with Crippen molar-refractivity contribution < 1.29 is 18.0 Å². The standard InChI is InChI=1S/C32H35Cl4N3O4S/c1-44(42,43)39(29-20-25(34)15-16-27(29)35)17-7-12-31(40)38(21-23-13-14-24(33)19-28(23)36)30(18-22-8-3-2-4-9-22)32(41)37-26-10-5-6-11-26/h2-4,8-9,13-16,19-20,26,30H,5-7,10-12,17-18,21H2,1H3,(H,37,41)/t30-/m0/s1. The highest BCUT2D eigenvalue weighted by atomic mass is 35.5. The smallest absolute Gasteiger partial charge is 0.243 e. The lowest BCUT2D eigenvalue weighted by molar-refractivity contribution is -0.141. The molecule has 1 fully saturated rings. The molecule has 3 aromatic rings. The van der Waals surface area contributed by atoms with Crippen molar-refractivity contribution in [2.75, 3.05) is 17.1 Å². The number of nitrogens with one attached hydrogen (secondary N) is 1. The minimum Gasteiger partial charge on any atom is -0.352 e. The molecule has 3 aromatic carbocycles. The van der Waals surface area contributed by atoms with E-state index in [4.69, 9.17) is 46.4 Å². The van der Waals surface area contributed by atoms with Crippen molar-refractivity contribution in [2.24, 2.45) is 0 Å². The molecule has 1 atom stereocenters. The van der Waals surface area contributed by atoms with Gasteiger partial charge in [0.15, 0.2) is 0 Å². The monoisotopic (exact) mass is 697 g/mol. The summed E-state index contributed by atoms with van der Waals surface area (Å²) in [6.07, 6.45) is 5.39. The molecule has 1 N–H and O–H groups in total. The molecule has 4 rings (SSSR count). The third-order valence-corrected chi connectivity index (χ3v) is 9.98. The van der Waals surface area contributed by atoms with Gasteiger partial charge < -0.3 is 10.2 Å². The van der Waals surface area contributed by atoms with Crippen LogP contribution in [0, 0.1) is 0 Å². The summed E-state index contributed by atoms with van der Waals surface area (Å²) >= 11 is 25.1. The molecule has 1 saturated carbocycles. The third-order valence-electron chi connectivity index (χ3n) is 7.66. The first-order valence-electron chi connectivity index (χ1n) is 14.4. The predicted octanol–water partition coefficient (Wildman–Crippen LogP) is 7.55. The Bertz CT molecular complexity index is 1570. The van der Waals surface area contributed by atoms with E-state index in [0.717, 1.165) is 41.8 Å². The van der Waals surface area contributed by atoms with E-state index in [1.54, 1.807) is 29.2 Å². The fourth-order valence-corrected chi connectivity index (χ4v) is 7.29. The lowest BCUT2D eigenvalue weighted by Crippen LogP contribution is -2.52. The first kappa shape index (κ1) is 34.4. The molecular formula is C32H35Cl4N3O4S. The molecule has 0 heterocycles. The number of nitrogens with zero attached hydrogens (tertiary/aromatic N) is 2. The summed E-state index contributed by atoms with van der Waals surface area (Å²) in [6.45, 7) is 0.0537. The Hall–Kier alpha value is -2.49. The van der Waals surface area contributed by atoms with E-state index in [-0.39, 0.29) is 54.5 Å². The van der Waals surface area contributed by atoms with Crippen LogP contribution in [0.15, 0.2) is 66.7 Å². The van der Waals surface area contributed by atoms with Crippen molar-refractivity contribution in [1.82, 2.24) is 10.2 Å². The Morgan fingerprint density at radius 3 is 2.23 bits per heavy atom.